The zero-order valence-electron chi connectivity index (χ0n) is 26.3. The van der Waals surface area contributed by atoms with Gasteiger partial charge < -0.3 is 24.2 Å². The summed E-state index contributed by atoms with van der Waals surface area (Å²) >= 11 is 0. The van der Waals surface area contributed by atoms with Crippen molar-refractivity contribution in [1.29, 1.82) is 0 Å². The van der Waals surface area contributed by atoms with E-state index in [1.54, 1.807) is 18.2 Å². The Kier molecular flexibility index (Phi) is 8.87. The maximum atomic E-state index is 14.4. The smallest absolute Gasteiger partial charge is 0.465 e. The lowest BCUT2D eigenvalue weighted by Gasteiger charge is -2.33. The third kappa shape index (κ3) is 6.18. The fourth-order valence-corrected chi connectivity index (χ4v) is 7.85. The molecule has 0 aromatic heterocycles. The summed E-state index contributed by atoms with van der Waals surface area (Å²) in [6.45, 7) is 4.47. The Balaban J connectivity index is 1.50. The molecule has 3 heterocycles. The summed E-state index contributed by atoms with van der Waals surface area (Å²) in [6, 6.07) is -0.323. The molecule has 6 rings (SSSR count). The van der Waals surface area contributed by atoms with Crippen LogP contribution in [-0.4, -0.2) is 85.4 Å². The number of methoxy groups -OCH3 is 1. The van der Waals surface area contributed by atoms with E-state index in [9.17, 15) is 22.8 Å². The molecule has 1 saturated carbocycles. The van der Waals surface area contributed by atoms with Crippen LogP contribution < -0.4 is 0 Å². The van der Waals surface area contributed by atoms with Crippen LogP contribution >= 0.6 is 0 Å². The Labute approximate surface area is 263 Å². The predicted molar refractivity (Wildman–Crippen MR) is 164 cm³/mol. The number of carbonyl (C=O) groups is 2. The van der Waals surface area contributed by atoms with Gasteiger partial charge in [0.15, 0.2) is 0 Å². The standard InChI is InChI=1S/C35H42F3N3O4/c1-4-39(2)21-25-12-9-17-40(25)33(42)24-18-28-26(13-8-14-30(28)45-35(36,37)38)32-31(22-10-6-5-7-11-22)27-16-15-23(34(43)44-3)19-29(27)41(32)20-24/h8,14-16,18-19,22,25,29H,4-7,9-13,17,20-21H2,1-3H3. The number of hydrogen-bond donors (Lipinski definition) is 0. The van der Waals surface area contributed by atoms with Crippen molar-refractivity contribution >= 4 is 11.9 Å². The molecular weight excluding hydrogens is 583 g/mol. The molecule has 7 nitrogen and oxygen atoms in total. The highest BCUT2D eigenvalue weighted by Gasteiger charge is 2.45. The van der Waals surface area contributed by atoms with E-state index in [-0.39, 0.29) is 36.2 Å². The molecule has 10 heteroatoms. The first-order valence-corrected chi connectivity index (χ1v) is 16.2. The van der Waals surface area contributed by atoms with Crippen molar-refractivity contribution in [1.82, 2.24) is 14.7 Å². The number of nitrogens with zero attached hydrogens (tertiary/aromatic N) is 3. The van der Waals surface area contributed by atoms with Gasteiger partial charge in [-0.25, -0.2) is 4.79 Å². The molecule has 45 heavy (non-hydrogen) atoms. The molecular formula is C35H42F3N3O4. The van der Waals surface area contributed by atoms with Gasteiger partial charge in [-0.3, -0.25) is 4.79 Å². The van der Waals surface area contributed by atoms with Crippen LogP contribution in [0.25, 0.3) is 0 Å². The maximum Gasteiger partial charge on any atom is 0.573 e. The minimum atomic E-state index is -4.89. The van der Waals surface area contributed by atoms with Crippen LogP contribution in [0.2, 0.25) is 0 Å². The van der Waals surface area contributed by atoms with E-state index in [1.807, 2.05) is 24.1 Å². The first-order chi connectivity index (χ1) is 21.6. The second-order valence-electron chi connectivity index (χ2n) is 12.8. The van der Waals surface area contributed by atoms with Crippen molar-refractivity contribution in [2.24, 2.45) is 5.92 Å². The Morgan fingerprint density at radius 1 is 1.07 bits per heavy atom. The monoisotopic (exact) mass is 625 g/mol. The van der Waals surface area contributed by atoms with Gasteiger partial charge in [0.25, 0.3) is 5.91 Å². The van der Waals surface area contributed by atoms with Crippen LogP contribution in [0.1, 0.15) is 58.3 Å². The van der Waals surface area contributed by atoms with E-state index in [0.29, 0.717) is 29.7 Å². The number of fused-ring (bicyclic) bond motifs is 4. The molecule has 3 aliphatic heterocycles. The van der Waals surface area contributed by atoms with Crippen molar-refractivity contribution in [3.8, 4) is 0 Å². The summed E-state index contributed by atoms with van der Waals surface area (Å²) in [5, 5.41) is 0. The van der Waals surface area contributed by atoms with Crippen LogP contribution in [0.4, 0.5) is 13.2 Å². The van der Waals surface area contributed by atoms with Crippen LogP contribution in [0, 0.1) is 5.92 Å². The average Bonchev–Trinajstić information content (AvgIpc) is 3.57. The summed E-state index contributed by atoms with van der Waals surface area (Å²) in [7, 11) is 3.37. The number of carbonyl (C=O) groups excluding carboxylic acids is 2. The molecule has 2 unspecified atom stereocenters. The fraction of sp³-hybridized carbons (Fsp3) is 0.543. The van der Waals surface area contributed by atoms with Gasteiger partial charge in [0.05, 0.1) is 18.7 Å². The Morgan fingerprint density at radius 2 is 1.84 bits per heavy atom. The molecule has 0 N–H and O–H groups in total. The normalized spacial score (nSPS) is 25.3. The molecule has 1 amide bonds. The Hall–Kier alpha value is -3.53. The summed E-state index contributed by atoms with van der Waals surface area (Å²) in [4.78, 5) is 33.3. The fourth-order valence-electron chi connectivity index (χ4n) is 7.85. The largest absolute Gasteiger partial charge is 0.573 e. The summed E-state index contributed by atoms with van der Waals surface area (Å²) in [5.74, 6) is -0.678. The number of hydrogen-bond acceptors (Lipinski definition) is 6. The van der Waals surface area contributed by atoms with Gasteiger partial charge >= 0.3 is 12.3 Å². The molecule has 242 valence electrons. The summed E-state index contributed by atoms with van der Waals surface area (Å²) < 4.78 is 50.9. The van der Waals surface area contributed by atoms with Gasteiger partial charge in [0.1, 0.15) is 5.76 Å². The SMILES string of the molecule is CCN(C)CC1CCCN1C(=O)C1=CC2=C(OC(F)(F)F)C=CCC2=C2C(C3CCCCC3)=C3C=CC(C(=O)OC)=CC3N2C1. The molecule has 0 bridgehead atoms. The van der Waals surface area contributed by atoms with E-state index in [4.69, 9.17) is 4.74 Å². The van der Waals surface area contributed by atoms with Crippen molar-refractivity contribution in [3.05, 3.63) is 81.4 Å². The highest BCUT2D eigenvalue weighted by atomic mass is 19.4. The number of esters is 1. The summed E-state index contributed by atoms with van der Waals surface area (Å²) in [5.41, 5.74) is 4.92. The molecule has 1 saturated heterocycles. The van der Waals surface area contributed by atoms with Gasteiger partial charge in [-0.2, -0.15) is 0 Å². The number of halogens is 3. The second-order valence-corrected chi connectivity index (χ2v) is 12.8. The highest BCUT2D eigenvalue weighted by Crippen LogP contribution is 2.50. The van der Waals surface area contributed by atoms with Gasteiger partial charge in [-0.1, -0.05) is 38.3 Å². The van der Waals surface area contributed by atoms with Crippen molar-refractivity contribution in [3.63, 3.8) is 0 Å². The maximum absolute atomic E-state index is 14.4. The van der Waals surface area contributed by atoms with Crippen molar-refractivity contribution < 1.29 is 32.2 Å². The first-order valence-electron chi connectivity index (χ1n) is 16.2. The highest BCUT2D eigenvalue weighted by molar-refractivity contribution is 5.96. The van der Waals surface area contributed by atoms with E-state index in [0.717, 1.165) is 80.5 Å². The number of likely N-dealkylation sites (N-methyl/N-ethyl adjacent to an activating group) is 1. The second kappa shape index (κ2) is 12.7. The molecule has 2 atom stereocenters. The lowest BCUT2D eigenvalue weighted by molar-refractivity contribution is -0.303. The summed E-state index contributed by atoms with van der Waals surface area (Å²) in [6.07, 6.45) is 12.9. The number of rotatable bonds is 7. The van der Waals surface area contributed by atoms with Gasteiger partial charge in [0.2, 0.25) is 0 Å². The van der Waals surface area contributed by atoms with Gasteiger partial charge in [0, 0.05) is 42.5 Å². The lowest BCUT2D eigenvalue weighted by Crippen LogP contribution is -2.44. The zero-order chi connectivity index (χ0) is 31.9. The van der Waals surface area contributed by atoms with Crippen LogP contribution in [0.5, 0.6) is 0 Å². The average molecular weight is 626 g/mol. The Morgan fingerprint density at radius 3 is 2.56 bits per heavy atom. The van der Waals surface area contributed by atoms with E-state index in [1.165, 1.54) is 13.2 Å². The molecule has 0 aromatic rings. The number of allylic oxidation sites excluding steroid dienone is 6. The predicted octanol–water partition coefficient (Wildman–Crippen LogP) is 6.10. The molecule has 0 aromatic carbocycles. The van der Waals surface area contributed by atoms with Gasteiger partial charge in [-0.05, 0) is 92.6 Å². The molecule has 3 aliphatic carbocycles. The number of ether oxygens (including phenoxy) is 2. The van der Waals surface area contributed by atoms with Crippen LogP contribution in [0.15, 0.2) is 81.4 Å². The van der Waals surface area contributed by atoms with Crippen molar-refractivity contribution in [2.75, 3.05) is 40.3 Å². The minimum absolute atomic E-state index is 0.0260. The number of alkyl halides is 3. The third-order valence-electron chi connectivity index (χ3n) is 10.0. The quantitative estimate of drug-likeness (QED) is 0.319. The van der Waals surface area contributed by atoms with Crippen LogP contribution in [-0.2, 0) is 19.1 Å². The number of amides is 1. The zero-order valence-corrected chi connectivity index (χ0v) is 26.3. The lowest BCUT2D eigenvalue weighted by atomic mass is 9.78. The van der Waals surface area contributed by atoms with Gasteiger partial charge in [-0.15, -0.1) is 13.2 Å². The number of likely N-dealkylation sites (tertiary alicyclic amines) is 1. The van der Waals surface area contributed by atoms with Crippen molar-refractivity contribution in [2.45, 2.75) is 76.7 Å². The molecule has 0 radical (unpaired) electrons. The third-order valence-corrected chi connectivity index (χ3v) is 10.0. The van der Waals surface area contributed by atoms with E-state index < -0.39 is 12.3 Å². The minimum Gasteiger partial charge on any atom is -0.465 e. The molecule has 6 aliphatic rings. The molecule has 2 fully saturated rings. The topological polar surface area (TPSA) is 62.3 Å². The molecule has 0 spiro atoms. The Bertz CT molecular complexity index is 1460. The first kappa shape index (κ1) is 31.5. The van der Waals surface area contributed by atoms with E-state index in [2.05, 4.69) is 21.5 Å². The van der Waals surface area contributed by atoms with E-state index >= 15 is 0 Å². The van der Waals surface area contributed by atoms with Crippen LogP contribution in [0.3, 0.4) is 0 Å².